The zero-order chi connectivity index (χ0) is 27.7. The summed E-state index contributed by atoms with van der Waals surface area (Å²) in [7, 11) is 1.29. The standard InChI is InChI=1S/C27H30O11/c1-12(2)4-5-13-6-15-16(29)9-19(14-7-17(30)26(35-3)18(31)8-14)36-21(15)10-20(13)37-27-25(34)24(33)23(32)22(11-28)38-27/h4,6-10,22-25,27-28,30-34H,5,11H2,1-3H3/t22-,23-,24-,25-,27-/m1/s1. The van der Waals surface area contributed by atoms with Crippen LogP contribution in [0.1, 0.15) is 19.4 Å². The van der Waals surface area contributed by atoms with Crippen LogP contribution in [0.4, 0.5) is 0 Å². The molecule has 1 aliphatic rings. The van der Waals surface area contributed by atoms with E-state index in [2.05, 4.69) is 0 Å². The van der Waals surface area contributed by atoms with Gasteiger partial charge < -0.3 is 49.3 Å². The molecule has 0 unspecified atom stereocenters. The van der Waals surface area contributed by atoms with Crippen molar-refractivity contribution in [2.24, 2.45) is 0 Å². The van der Waals surface area contributed by atoms with Crippen LogP contribution in [0.2, 0.25) is 0 Å². The minimum atomic E-state index is -1.64. The van der Waals surface area contributed by atoms with Gasteiger partial charge in [0.1, 0.15) is 41.5 Å². The van der Waals surface area contributed by atoms with E-state index in [1.165, 1.54) is 31.4 Å². The second-order valence-electron chi connectivity index (χ2n) is 9.28. The molecule has 1 saturated heterocycles. The third kappa shape index (κ3) is 5.33. The van der Waals surface area contributed by atoms with E-state index in [1.807, 2.05) is 19.9 Å². The van der Waals surface area contributed by atoms with Crippen molar-refractivity contribution in [1.82, 2.24) is 0 Å². The molecule has 1 aliphatic heterocycles. The molecule has 6 N–H and O–H groups in total. The maximum atomic E-state index is 13.1. The quantitative estimate of drug-likeness (QED) is 0.244. The molecule has 38 heavy (non-hydrogen) atoms. The lowest BCUT2D eigenvalue weighted by Crippen LogP contribution is -2.60. The maximum absolute atomic E-state index is 13.1. The number of ether oxygens (including phenoxy) is 3. The molecule has 2 heterocycles. The van der Waals surface area contributed by atoms with Crippen molar-refractivity contribution in [2.45, 2.75) is 51.0 Å². The van der Waals surface area contributed by atoms with Gasteiger partial charge in [0.25, 0.3) is 0 Å². The largest absolute Gasteiger partial charge is 0.504 e. The fourth-order valence-electron chi connectivity index (χ4n) is 4.19. The number of aromatic hydroxyl groups is 2. The van der Waals surface area contributed by atoms with Gasteiger partial charge in [0.15, 0.2) is 16.9 Å². The van der Waals surface area contributed by atoms with Crippen LogP contribution in [0.5, 0.6) is 23.0 Å². The summed E-state index contributed by atoms with van der Waals surface area (Å²) in [6.45, 7) is 3.19. The number of methoxy groups -OCH3 is 1. The van der Waals surface area contributed by atoms with Gasteiger partial charge in [-0.2, -0.15) is 0 Å². The lowest BCUT2D eigenvalue weighted by Gasteiger charge is -2.39. The molecule has 0 amide bonds. The molecular formula is C27H30O11. The molecule has 0 bridgehead atoms. The molecule has 11 heteroatoms. The second-order valence-corrected chi connectivity index (χ2v) is 9.28. The average molecular weight is 531 g/mol. The molecule has 5 atom stereocenters. The SMILES string of the molecule is COc1c(O)cc(-c2cc(=O)c3cc(CC=C(C)C)c(O[C@@H]4O[C@H](CO)[C@@H](O)[C@@H](O)[C@H]4O)cc3o2)cc1O. The van der Waals surface area contributed by atoms with Crippen LogP contribution in [0.15, 0.2) is 51.2 Å². The van der Waals surface area contributed by atoms with Gasteiger partial charge in [0.2, 0.25) is 12.0 Å². The van der Waals surface area contributed by atoms with Crippen molar-refractivity contribution in [2.75, 3.05) is 13.7 Å². The Hall–Kier alpha value is -3.61. The summed E-state index contributed by atoms with van der Waals surface area (Å²) in [5, 5.41) is 60.7. The average Bonchev–Trinajstić information content (AvgIpc) is 2.87. The Morgan fingerprint density at radius 2 is 1.68 bits per heavy atom. The van der Waals surface area contributed by atoms with Crippen molar-refractivity contribution < 1.29 is 49.3 Å². The van der Waals surface area contributed by atoms with Crippen molar-refractivity contribution >= 4 is 11.0 Å². The Balaban J connectivity index is 1.81. The number of hydrogen-bond donors (Lipinski definition) is 6. The van der Waals surface area contributed by atoms with E-state index in [9.17, 15) is 35.4 Å². The van der Waals surface area contributed by atoms with Gasteiger partial charge in [-0.25, -0.2) is 0 Å². The van der Waals surface area contributed by atoms with Crippen molar-refractivity contribution in [1.29, 1.82) is 0 Å². The first-order chi connectivity index (χ1) is 18.0. The number of hydrogen-bond acceptors (Lipinski definition) is 11. The first kappa shape index (κ1) is 27.4. The Labute approximate surface area is 217 Å². The molecule has 204 valence electrons. The van der Waals surface area contributed by atoms with Gasteiger partial charge in [0, 0.05) is 17.7 Å². The van der Waals surface area contributed by atoms with E-state index in [-0.39, 0.29) is 45.3 Å². The Morgan fingerprint density at radius 1 is 1.00 bits per heavy atom. The van der Waals surface area contributed by atoms with Crippen molar-refractivity contribution in [3.8, 4) is 34.3 Å². The minimum Gasteiger partial charge on any atom is -0.504 e. The van der Waals surface area contributed by atoms with Crippen molar-refractivity contribution in [3.05, 3.63) is 57.8 Å². The van der Waals surface area contributed by atoms with Gasteiger partial charge >= 0.3 is 0 Å². The molecule has 11 nitrogen and oxygen atoms in total. The number of phenols is 2. The third-order valence-corrected chi connectivity index (χ3v) is 6.27. The summed E-state index contributed by atoms with van der Waals surface area (Å²) >= 11 is 0. The summed E-state index contributed by atoms with van der Waals surface area (Å²) in [5.74, 6) is -0.620. The summed E-state index contributed by atoms with van der Waals surface area (Å²) in [6.07, 6.45) is -5.17. The number of benzene rings is 2. The smallest absolute Gasteiger partial charge is 0.229 e. The monoisotopic (exact) mass is 530 g/mol. The summed E-state index contributed by atoms with van der Waals surface area (Å²) in [4.78, 5) is 13.1. The molecule has 1 fully saturated rings. The van der Waals surface area contributed by atoms with Crippen LogP contribution in [0.25, 0.3) is 22.3 Å². The normalized spacial score (nSPS) is 23.3. The predicted molar refractivity (Wildman–Crippen MR) is 135 cm³/mol. The van der Waals surface area contributed by atoms with Crippen LogP contribution in [0, 0.1) is 0 Å². The molecule has 1 aromatic heterocycles. The van der Waals surface area contributed by atoms with E-state index in [1.54, 1.807) is 6.07 Å². The molecule has 0 radical (unpaired) electrons. The van der Waals surface area contributed by atoms with Gasteiger partial charge in [0.05, 0.1) is 19.1 Å². The van der Waals surface area contributed by atoms with Crippen molar-refractivity contribution in [3.63, 3.8) is 0 Å². The molecule has 3 aromatic rings. The van der Waals surface area contributed by atoms with Gasteiger partial charge in [-0.1, -0.05) is 11.6 Å². The summed E-state index contributed by atoms with van der Waals surface area (Å²) < 4.78 is 22.3. The highest BCUT2D eigenvalue weighted by Gasteiger charge is 2.45. The first-order valence-electron chi connectivity index (χ1n) is 11.9. The van der Waals surface area contributed by atoms with E-state index in [4.69, 9.17) is 18.6 Å². The van der Waals surface area contributed by atoms with Gasteiger partial charge in [-0.3, -0.25) is 4.79 Å². The van der Waals surface area contributed by atoms with Gasteiger partial charge in [-0.15, -0.1) is 0 Å². The second kappa shape index (κ2) is 11.0. The summed E-state index contributed by atoms with van der Waals surface area (Å²) in [5.41, 5.74) is 1.47. The number of fused-ring (bicyclic) bond motifs is 1. The highest BCUT2D eigenvalue weighted by molar-refractivity contribution is 5.82. The highest BCUT2D eigenvalue weighted by atomic mass is 16.7. The number of rotatable bonds is 7. The number of phenolic OH excluding ortho intramolecular Hbond substituents is 2. The Bertz CT molecular complexity index is 1380. The lowest BCUT2D eigenvalue weighted by molar-refractivity contribution is -0.277. The van der Waals surface area contributed by atoms with Crippen LogP contribution < -0.4 is 14.9 Å². The van der Waals surface area contributed by atoms with Crippen LogP contribution in [0.3, 0.4) is 0 Å². The zero-order valence-electron chi connectivity index (χ0n) is 21.0. The van der Waals surface area contributed by atoms with Gasteiger partial charge in [-0.05, 0) is 44.0 Å². The van der Waals surface area contributed by atoms with E-state index >= 15 is 0 Å². The Kier molecular flexibility index (Phi) is 7.95. The molecule has 4 rings (SSSR count). The number of aliphatic hydroxyl groups excluding tert-OH is 4. The third-order valence-electron chi connectivity index (χ3n) is 6.27. The number of aliphatic hydroxyl groups is 4. The topological polar surface area (TPSA) is 179 Å². The van der Waals surface area contributed by atoms with E-state index in [0.717, 1.165) is 5.57 Å². The van der Waals surface area contributed by atoms with Crippen LogP contribution in [-0.4, -0.2) is 75.1 Å². The number of allylic oxidation sites excluding steroid dienone is 2. The minimum absolute atomic E-state index is 0.0478. The molecule has 2 aromatic carbocycles. The van der Waals surface area contributed by atoms with Crippen LogP contribution in [-0.2, 0) is 11.2 Å². The fourth-order valence-corrected chi connectivity index (χ4v) is 4.19. The molecule has 0 saturated carbocycles. The first-order valence-corrected chi connectivity index (χ1v) is 11.9. The maximum Gasteiger partial charge on any atom is 0.229 e. The molecular weight excluding hydrogens is 500 g/mol. The lowest BCUT2D eigenvalue weighted by atomic mass is 9.99. The van der Waals surface area contributed by atoms with E-state index in [0.29, 0.717) is 12.0 Å². The highest BCUT2D eigenvalue weighted by Crippen LogP contribution is 2.40. The predicted octanol–water partition coefficient (Wildman–Crippen LogP) is 1.57. The molecule has 0 aliphatic carbocycles. The molecule has 0 spiro atoms. The van der Waals surface area contributed by atoms with E-state index < -0.39 is 42.7 Å². The van der Waals surface area contributed by atoms with Crippen LogP contribution >= 0.6 is 0 Å². The zero-order valence-corrected chi connectivity index (χ0v) is 21.0. The fraction of sp³-hybridized carbons (Fsp3) is 0.370. The Morgan fingerprint density at radius 3 is 2.29 bits per heavy atom. The summed E-state index contributed by atoms with van der Waals surface area (Å²) in [6, 6.07) is 6.78.